The van der Waals surface area contributed by atoms with Crippen molar-refractivity contribution in [3.8, 4) is 10.4 Å². The minimum atomic E-state index is -4.34. The molecule has 1 N–H and O–H groups in total. The highest BCUT2D eigenvalue weighted by atomic mass is 32.1. The second-order valence-electron chi connectivity index (χ2n) is 8.82. The van der Waals surface area contributed by atoms with Gasteiger partial charge in [0.1, 0.15) is 0 Å². The van der Waals surface area contributed by atoms with Gasteiger partial charge in [0.25, 0.3) is 0 Å². The molecule has 1 unspecified atom stereocenters. The van der Waals surface area contributed by atoms with Gasteiger partial charge >= 0.3 is 12.1 Å². The van der Waals surface area contributed by atoms with Crippen molar-refractivity contribution in [2.75, 3.05) is 12.4 Å². The molecular weight excluding hydrogens is 459 g/mol. The Labute approximate surface area is 202 Å². The highest BCUT2D eigenvalue weighted by Gasteiger charge is 2.31. The molecule has 4 rings (SSSR count). The Morgan fingerprint density at radius 3 is 2.26 bits per heavy atom. The van der Waals surface area contributed by atoms with Crippen LogP contribution in [0.1, 0.15) is 64.5 Å². The summed E-state index contributed by atoms with van der Waals surface area (Å²) in [7, 11) is 1.36. The summed E-state index contributed by atoms with van der Waals surface area (Å²) in [5, 5.41) is 3.69. The monoisotopic (exact) mass is 487 g/mol. The molecule has 7 heteroatoms. The topological polar surface area (TPSA) is 38.3 Å². The average Bonchev–Trinajstić information content (AvgIpc) is 3.23. The summed E-state index contributed by atoms with van der Waals surface area (Å²) in [4.78, 5) is 13.9. The number of carbonyl (C=O) groups excluding carboxylic acids is 1. The molecule has 0 saturated heterocycles. The van der Waals surface area contributed by atoms with Crippen LogP contribution in [0.5, 0.6) is 0 Å². The van der Waals surface area contributed by atoms with Crippen LogP contribution in [0.2, 0.25) is 0 Å². The molecule has 0 bridgehead atoms. The van der Waals surface area contributed by atoms with E-state index in [9.17, 15) is 18.0 Å². The lowest BCUT2D eigenvalue weighted by molar-refractivity contribution is -0.137. The zero-order valence-corrected chi connectivity index (χ0v) is 20.1. The smallest absolute Gasteiger partial charge is 0.416 e. The van der Waals surface area contributed by atoms with Gasteiger partial charge < -0.3 is 10.1 Å². The number of ether oxygens (including phenoxy) is 1. The summed E-state index contributed by atoms with van der Waals surface area (Å²) in [5.74, 6) is 0.0949. The van der Waals surface area contributed by atoms with Gasteiger partial charge in [-0.1, -0.05) is 31.4 Å². The van der Waals surface area contributed by atoms with Crippen LogP contribution in [0, 0.1) is 12.8 Å². The van der Waals surface area contributed by atoms with Gasteiger partial charge in [0.05, 0.1) is 24.3 Å². The lowest BCUT2D eigenvalue weighted by Crippen LogP contribution is -2.23. The maximum absolute atomic E-state index is 13.0. The largest absolute Gasteiger partial charge is 0.465 e. The molecule has 3 aromatic rings. The second-order valence-corrected chi connectivity index (χ2v) is 9.91. The zero-order chi connectivity index (χ0) is 24.3. The summed E-state index contributed by atoms with van der Waals surface area (Å²) in [5.41, 5.74) is 2.71. The van der Waals surface area contributed by atoms with Gasteiger partial charge in [-0.2, -0.15) is 13.2 Å². The van der Waals surface area contributed by atoms with E-state index in [4.69, 9.17) is 4.74 Å². The van der Waals surface area contributed by atoms with Crippen LogP contribution in [0.15, 0.2) is 54.6 Å². The van der Waals surface area contributed by atoms with Crippen LogP contribution in [0.4, 0.5) is 18.9 Å². The molecule has 0 amide bonds. The van der Waals surface area contributed by atoms with Crippen molar-refractivity contribution in [1.29, 1.82) is 0 Å². The van der Waals surface area contributed by atoms with Crippen molar-refractivity contribution in [3.05, 3.63) is 76.2 Å². The van der Waals surface area contributed by atoms with E-state index in [0.717, 1.165) is 46.7 Å². The van der Waals surface area contributed by atoms with Gasteiger partial charge in [-0.25, -0.2) is 4.79 Å². The third-order valence-electron chi connectivity index (χ3n) is 6.48. The maximum atomic E-state index is 13.0. The number of halogens is 3. The number of rotatable bonds is 6. The standard InChI is InChI=1S/C27H28F3NO2S/c1-17-16-23(18-8-12-21(13-9-18)27(28,29)30)34-25(17)24(19-6-4-3-5-7-19)31-22-14-10-20(11-15-22)26(32)33-2/h8-16,19,24,31H,3-7H2,1-2H3. The third-order valence-corrected chi connectivity index (χ3v) is 7.85. The number of hydrogen-bond acceptors (Lipinski definition) is 4. The first-order valence-electron chi connectivity index (χ1n) is 11.5. The molecule has 2 aromatic carbocycles. The van der Waals surface area contributed by atoms with Crippen LogP contribution in [-0.4, -0.2) is 13.1 Å². The first-order chi connectivity index (χ1) is 16.3. The van der Waals surface area contributed by atoms with Gasteiger partial charge in [0.15, 0.2) is 0 Å². The van der Waals surface area contributed by atoms with Gasteiger partial charge in [0.2, 0.25) is 0 Å². The van der Waals surface area contributed by atoms with Crippen molar-refractivity contribution in [2.45, 2.75) is 51.2 Å². The molecule has 3 nitrogen and oxygen atoms in total. The minimum absolute atomic E-state index is 0.0949. The molecule has 1 fully saturated rings. The fraction of sp³-hybridized carbons (Fsp3) is 0.370. The van der Waals surface area contributed by atoms with Crippen LogP contribution in [-0.2, 0) is 10.9 Å². The predicted molar refractivity (Wildman–Crippen MR) is 130 cm³/mol. The number of alkyl halides is 3. The summed E-state index contributed by atoms with van der Waals surface area (Å²) in [6.07, 6.45) is 1.56. The van der Waals surface area contributed by atoms with Crippen molar-refractivity contribution >= 4 is 23.0 Å². The molecular formula is C27H28F3NO2S. The lowest BCUT2D eigenvalue weighted by Gasteiger charge is -2.31. The fourth-order valence-electron chi connectivity index (χ4n) is 4.64. The molecule has 1 aliphatic carbocycles. The molecule has 1 heterocycles. The van der Waals surface area contributed by atoms with E-state index < -0.39 is 11.7 Å². The third kappa shape index (κ3) is 5.46. The molecule has 1 aromatic heterocycles. The number of nitrogens with one attached hydrogen (secondary N) is 1. The number of thiophene rings is 1. The molecule has 1 saturated carbocycles. The highest BCUT2D eigenvalue weighted by molar-refractivity contribution is 7.15. The number of aryl methyl sites for hydroxylation is 1. The van der Waals surface area contributed by atoms with Gasteiger partial charge in [-0.3, -0.25) is 0 Å². The Balaban J connectivity index is 1.63. The first kappa shape index (κ1) is 24.3. The molecule has 0 radical (unpaired) electrons. The Morgan fingerprint density at radius 1 is 1.03 bits per heavy atom. The van der Waals surface area contributed by atoms with Crippen LogP contribution < -0.4 is 5.32 Å². The zero-order valence-electron chi connectivity index (χ0n) is 19.2. The summed E-state index contributed by atoms with van der Waals surface area (Å²) in [6.45, 7) is 2.07. The number of carbonyl (C=O) groups is 1. The van der Waals surface area contributed by atoms with Gasteiger partial charge in [0, 0.05) is 15.4 Å². The molecule has 0 spiro atoms. The second kappa shape index (κ2) is 10.2. The highest BCUT2D eigenvalue weighted by Crippen LogP contribution is 2.43. The molecule has 0 aliphatic heterocycles. The van der Waals surface area contributed by atoms with Crippen LogP contribution >= 0.6 is 11.3 Å². The quantitative estimate of drug-likeness (QED) is 0.356. The van der Waals surface area contributed by atoms with E-state index in [0.29, 0.717) is 11.5 Å². The molecule has 34 heavy (non-hydrogen) atoms. The Hall–Kier alpha value is -2.80. The van der Waals surface area contributed by atoms with Crippen molar-refractivity contribution < 1.29 is 22.7 Å². The van der Waals surface area contributed by atoms with E-state index in [-0.39, 0.29) is 12.0 Å². The van der Waals surface area contributed by atoms with E-state index in [1.807, 2.05) is 12.1 Å². The summed E-state index contributed by atoms with van der Waals surface area (Å²) in [6, 6.07) is 14.8. The number of methoxy groups -OCH3 is 1. The van der Waals surface area contributed by atoms with E-state index in [2.05, 4.69) is 18.3 Å². The summed E-state index contributed by atoms with van der Waals surface area (Å²) < 4.78 is 43.7. The van der Waals surface area contributed by atoms with Crippen LogP contribution in [0.25, 0.3) is 10.4 Å². The molecule has 180 valence electrons. The Kier molecular flexibility index (Phi) is 7.31. The summed E-state index contributed by atoms with van der Waals surface area (Å²) >= 11 is 1.64. The van der Waals surface area contributed by atoms with Gasteiger partial charge in [-0.05, 0) is 79.3 Å². The fourth-order valence-corrected chi connectivity index (χ4v) is 5.96. The SMILES string of the molecule is COC(=O)c1ccc(NC(c2sc(-c3ccc(C(F)(F)F)cc3)cc2C)C2CCCCC2)cc1. The van der Waals surface area contributed by atoms with Crippen molar-refractivity contribution in [2.24, 2.45) is 5.92 Å². The molecule has 1 atom stereocenters. The Bertz CT molecular complexity index is 1110. The number of hydrogen-bond donors (Lipinski definition) is 1. The van der Waals surface area contributed by atoms with Gasteiger partial charge in [-0.15, -0.1) is 11.3 Å². The minimum Gasteiger partial charge on any atom is -0.465 e. The Morgan fingerprint density at radius 2 is 1.68 bits per heavy atom. The van der Waals surface area contributed by atoms with Crippen molar-refractivity contribution in [3.63, 3.8) is 0 Å². The number of benzene rings is 2. The van der Waals surface area contributed by atoms with E-state index in [1.165, 1.54) is 31.2 Å². The molecule has 1 aliphatic rings. The van der Waals surface area contributed by atoms with Crippen LogP contribution in [0.3, 0.4) is 0 Å². The number of esters is 1. The van der Waals surface area contributed by atoms with Crippen molar-refractivity contribution in [1.82, 2.24) is 0 Å². The van der Waals surface area contributed by atoms with E-state index in [1.54, 1.807) is 35.6 Å². The normalized spacial score (nSPS) is 15.7. The maximum Gasteiger partial charge on any atom is 0.416 e. The number of anilines is 1. The lowest BCUT2D eigenvalue weighted by atomic mass is 9.82. The average molecular weight is 488 g/mol. The first-order valence-corrected chi connectivity index (χ1v) is 12.3. The van der Waals surface area contributed by atoms with E-state index >= 15 is 0 Å². The predicted octanol–water partition coefficient (Wildman–Crippen LogP) is 8.26.